The first-order chi connectivity index (χ1) is 8.99. The summed E-state index contributed by atoms with van der Waals surface area (Å²) in [6.07, 6.45) is 1.01. The Morgan fingerprint density at radius 1 is 1.37 bits per heavy atom. The molecule has 1 atom stereocenters. The lowest BCUT2D eigenvalue weighted by Gasteiger charge is -2.16. The van der Waals surface area contributed by atoms with E-state index in [9.17, 15) is 4.79 Å². The van der Waals surface area contributed by atoms with E-state index in [4.69, 9.17) is 11.6 Å². The number of nitrogens with one attached hydrogen (secondary N) is 2. The number of para-hydroxylation sites is 1. The van der Waals surface area contributed by atoms with E-state index in [0.29, 0.717) is 23.3 Å². The summed E-state index contributed by atoms with van der Waals surface area (Å²) in [5.74, 6) is -0.0789. The minimum absolute atomic E-state index is 0.0789. The Morgan fingerprint density at radius 3 is 2.68 bits per heavy atom. The van der Waals surface area contributed by atoms with Crippen molar-refractivity contribution in [3.05, 3.63) is 29.3 Å². The Hall–Kier alpha value is -1.10. The van der Waals surface area contributed by atoms with E-state index in [2.05, 4.69) is 22.5 Å². The van der Waals surface area contributed by atoms with Crippen molar-refractivity contribution in [1.82, 2.24) is 10.2 Å². The molecule has 0 bridgehead atoms. The van der Waals surface area contributed by atoms with Gasteiger partial charge >= 0.3 is 0 Å². The Morgan fingerprint density at radius 2 is 2.05 bits per heavy atom. The maximum atomic E-state index is 11.8. The summed E-state index contributed by atoms with van der Waals surface area (Å²) in [6.45, 7) is 3.37. The SMILES string of the molecule is CC(CCN(C)C)NCC(=O)Nc1ccccc1Cl. The lowest BCUT2D eigenvalue weighted by atomic mass is 10.2. The lowest BCUT2D eigenvalue weighted by molar-refractivity contribution is -0.115. The molecule has 1 aromatic carbocycles. The van der Waals surface area contributed by atoms with Crippen LogP contribution in [0.3, 0.4) is 0 Å². The molecule has 1 rings (SSSR count). The zero-order valence-corrected chi connectivity index (χ0v) is 12.5. The molecular formula is C14H22ClN3O. The standard InChI is InChI=1S/C14H22ClN3O/c1-11(8-9-18(2)3)16-10-14(19)17-13-7-5-4-6-12(13)15/h4-7,11,16H,8-10H2,1-3H3,(H,17,19). The smallest absolute Gasteiger partial charge is 0.238 e. The van der Waals surface area contributed by atoms with Gasteiger partial charge in [-0.15, -0.1) is 0 Å². The fourth-order valence-corrected chi connectivity index (χ4v) is 1.76. The van der Waals surface area contributed by atoms with E-state index in [1.165, 1.54) is 0 Å². The van der Waals surface area contributed by atoms with Crippen LogP contribution in [0.5, 0.6) is 0 Å². The molecule has 0 saturated carbocycles. The van der Waals surface area contributed by atoms with Gasteiger partial charge in [-0.25, -0.2) is 0 Å². The van der Waals surface area contributed by atoms with Crippen molar-refractivity contribution in [2.24, 2.45) is 0 Å². The number of carbonyl (C=O) groups excluding carboxylic acids is 1. The van der Waals surface area contributed by atoms with Gasteiger partial charge in [-0.1, -0.05) is 23.7 Å². The second-order valence-electron chi connectivity index (χ2n) is 4.90. The molecular weight excluding hydrogens is 262 g/mol. The van der Waals surface area contributed by atoms with Gasteiger partial charge in [0.2, 0.25) is 5.91 Å². The first kappa shape index (κ1) is 16.0. The second-order valence-corrected chi connectivity index (χ2v) is 5.31. The molecule has 2 N–H and O–H groups in total. The van der Waals surface area contributed by atoms with Gasteiger partial charge in [0, 0.05) is 6.04 Å². The molecule has 0 spiro atoms. The molecule has 0 aliphatic rings. The molecule has 0 heterocycles. The average Bonchev–Trinajstić information content (AvgIpc) is 2.36. The molecule has 19 heavy (non-hydrogen) atoms. The van der Waals surface area contributed by atoms with Crippen LogP contribution >= 0.6 is 11.6 Å². The van der Waals surface area contributed by atoms with E-state index in [1.54, 1.807) is 12.1 Å². The van der Waals surface area contributed by atoms with E-state index >= 15 is 0 Å². The van der Waals surface area contributed by atoms with Gasteiger partial charge in [-0.3, -0.25) is 4.79 Å². The number of halogens is 1. The molecule has 0 aliphatic carbocycles. The van der Waals surface area contributed by atoms with Crippen molar-refractivity contribution >= 4 is 23.2 Å². The largest absolute Gasteiger partial charge is 0.324 e. The average molecular weight is 284 g/mol. The highest BCUT2D eigenvalue weighted by atomic mass is 35.5. The number of carbonyl (C=O) groups is 1. The normalized spacial score (nSPS) is 12.5. The summed E-state index contributed by atoms with van der Waals surface area (Å²) >= 11 is 5.97. The van der Waals surface area contributed by atoms with Gasteiger partial charge in [0.15, 0.2) is 0 Å². The number of rotatable bonds is 7. The van der Waals surface area contributed by atoms with Crippen LogP contribution in [-0.2, 0) is 4.79 Å². The maximum Gasteiger partial charge on any atom is 0.238 e. The van der Waals surface area contributed by atoms with Crippen LogP contribution in [0.1, 0.15) is 13.3 Å². The molecule has 4 nitrogen and oxygen atoms in total. The molecule has 1 aromatic rings. The minimum Gasteiger partial charge on any atom is -0.324 e. The molecule has 0 fully saturated rings. The fraction of sp³-hybridized carbons (Fsp3) is 0.500. The van der Waals surface area contributed by atoms with Gasteiger partial charge in [-0.05, 0) is 46.1 Å². The van der Waals surface area contributed by atoms with Crippen LogP contribution in [0.2, 0.25) is 5.02 Å². The Kier molecular flexibility index (Phi) is 6.84. The molecule has 1 unspecified atom stereocenters. The number of hydrogen-bond donors (Lipinski definition) is 2. The summed E-state index contributed by atoms with van der Waals surface area (Å²) in [4.78, 5) is 13.9. The summed E-state index contributed by atoms with van der Waals surface area (Å²) < 4.78 is 0. The number of benzene rings is 1. The van der Waals surface area contributed by atoms with E-state index < -0.39 is 0 Å². The van der Waals surface area contributed by atoms with Gasteiger partial charge in [-0.2, -0.15) is 0 Å². The van der Waals surface area contributed by atoms with E-state index in [1.807, 2.05) is 26.2 Å². The molecule has 0 saturated heterocycles. The van der Waals surface area contributed by atoms with Crippen molar-refractivity contribution in [3.8, 4) is 0 Å². The first-order valence-corrected chi connectivity index (χ1v) is 6.79. The number of amides is 1. The first-order valence-electron chi connectivity index (χ1n) is 6.41. The predicted octanol–water partition coefficient (Wildman–Crippen LogP) is 2.21. The van der Waals surface area contributed by atoms with E-state index in [-0.39, 0.29) is 5.91 Å². The van der Waals surface area contributed by atoms with Crippen LogP contribution in [0.15, 0.2) is 24.3 Å². The van der Waals surface area contributed by atoms with Crippen molar-refractivity contribution in [1.29, 1.82) is 0 Å². The summed E-state index contributed by atoms with van der Waals surface area (Å²) in [6, 6.07) is 7.52. The van der Waals surface area contributed by atoms with Crippen molar-refractivity contribution in [3.63, 3.8) is 0 Å². The van der Waals surface area contributed by atoms with Crippen LogP contribution < -0.4 is 10.6 Å². The molecule has 0 aromatic heterocycles. The molecule has 106 valence electrons. The third-order valence-electron chi connectivity index (χ3n) is 2.77. The van der Waals surface area contributed by atoms with Crippen molar-refractivity contribution in [2.75, 3.05) is 32.5 Å². The topological polar surface area (TPSA) is 44.4 Å². The Labute approximate surface area is 120 Å². The maximum absolute atomic E-state index is 11.8. The number of hydrogen-bond acceptors (Lipinski definition) is 3. The fourth-order valence-electron chi connectivity index (χ4n) is 1.58. The van der Waals surface area contributed by atoms with Crippen LogP contribution in [0.25, 0.3) is 0 Å². The third kappa shape index (κ3) is 6.57. The van der Waals surface area contributed by atoms with Crippen LogP contribution in [0, 0.1) is 0 Å². The minimum atomic E-state index is -0.0789. The predicted molar refractivity (Wildman–Crippen MR) is 80.7 cm³/mol. The molecule has 0 aliphatic heterocycles. The summed E-state index contributed by atoms with van der Waals surface area (Å²) in [5.41, 5.74) is 0.650. The third-order valence-corrected chi connectivity index (χ3v) is 3.10. The molecule has 0 radical (unpaired) electrons. The summed E-state index contributed by atoms with van der Waals surface area (Å²) in [7, 11) is 4.08. The second kappa shape index (κ2) is 8.15. The number of anilines is 1. The summed E-state index contributed by atoms with van der Waals surface area (Å²) in [5, 5.41) is 6.53. The zero-order valence-electron chi connectivity index (χ0n) is 11.7. The van der Waals surface area contributed by atoms with Crippen molar-refractivity contribution < 1.29 is 4.79 Å². The highest BCUT2D eigenvalue weighted by molar-refractivity contribution is 6.33. The van der Waals surface area contributed by atoms with E-state index in [0.717, 1.165) is 13.0 Å². The molecule has 5 heteroatoms. The quantitative estimate of drug-likeness (QED) is 0.806. The molecule has 1 amide bonds. The van der Waals surface area contributed by atoms with Gasteiger partial charge in [0.1, 0.15) is 0 Å². The Balaban J connectivity index is 2.30. The number of nitrogens with zero attached hydrogens (tertiary/aromatic N) is 1. The van der Waals surface area contributed by atoms with Gasteiger partial charge in [0.05, 0.1) is 17.3 Å². The highest BCUT2D eigenvalue weighted by Gasteiger charge is 2.07. The lowest BCUT2D eigenvalue weighted by Crippen LogP contribution is -2.36. The van der Waals surface area contributed by atoms with Crippen LogP contribution in [0.4, 0.5) is 5.69 Å². The zero-order chi connectivity index (χ0) is 14.3. The monoisotopic (exact) mass is 283 g/mol. The van der Waals surface area contributed by atoms with Gasteiger partial charge in [0.25, 0.3) is 0 Å². The van der Waals surface area contributed by atoms with Crippen LogP contribution in [-0.4, -0.2) is 44.0 Å². The van der Waals surface area contributed by atoms with Crippen molar-refractivity contribution in [2.45, 2.75) is 19.4 Å². The van der Waals surface area contributed by atoms with Gasteiger partial charge < -0.3 is 15.5 Å². The Bertz CT molecular complexity index is 409. The highest BCUT2D eigenvalue weighted by Crippen LogP contribution is 2.19.